The van der Waals surface area contributed by atoms with Gasteiger partial charge < -0.3 is 14.2 Å². The Bertz CT molecular complexity index is 575. The van der Waals surface area contributed by atoms with E-state index in [1.807, 2.05) is 12.1 Å². The van der Waals surface area contributed by atoms with Crippen molar-refractivity contribution in [1.82, 2.24) is 0 Å². The number of nitrogens with zero attached hydrogens (tertiary/aromatic N) is 2. The van der Waals surface area contributed by atoms with E-state index in [1.54, 1.807) is 6.08 Å². The standard InChI is InChI=1S/C17H20N2O4/c1-3-13(11-21-12(2)20)16-8-17(22-6-7-23-17)5-4-15(16)14(9-18)10-19/h3,13,16H,1,4-8,11H2,2H3/t13-,16-/m0/s1. The van der Waals surface area contributed by atoms with Crippen molar-refractivity contribution >= 4 is 5.97 Å². The lowest BCUT2D eigenvalue weighted by molar-refractivity contribution is -0.183. The molecule has 1 aliphatic carbocycles. The fraction of sp³-hybridized carbons (Fsp3) is 0.588. The van der Waals surface area contributed by atoms with Gasteiger partial charge in [-0.15, -0.1) is 6.58 Å². The SMILES string of the molecule is C=C[C@@H](COC(C)=O)[C@@H]1CC2(CCC1=C(C#N)C#N)OCCO2. The summed E-state index contributed by atoms with van der Waals surface area (Å²) in [6, 6.07) is 3.94. The minimum absolute atomic E-state index is 0.123. The first kappa shape index (κ1) is 17.2. The minimum atomic E-state index is -0.665. The lowest BCUT2D eigenvalue weighted by atomic mass is 9.72. The number of ether oxygens (including phenoxy) is 3. The Morgan fingerprint density at radius 1 is 1.48 bits per heavy atom. The summed E-state index contributed by atoms with van der Waals surface area (Å²) in [5.41, 5.74) is 0.897. The highest BCUT2D eigenvalue weighted by Gasteiger charge is 2.45. The number of nitriles is 2. The molecule has 0 aromatic rings. The fourth-order valence-corrected chi connectivity index (χ4v) is 3.28. The maximum Gasteiger partial charge on any atom is 0.302 e. The fourth-order valence-electron chi connectivity index (χ4n) is 3.28. The molecule has 0 N–H and O–H groups in total. The molecular weight excluding hydrogens is 296 g/mol. The van der Waals surface area contributed by atoms with E-state index in [9.17, 15) is 15.3 Å². The van der Waals surface area contributed by atoms with Crippen LogP contribution in [0, 0.1) is 34.5 Å². The highest BCUT2D eigenvalue weighted by Crippen LogP contribution is 2.45. The average molecular weight is 316 g/mol. The molecule has 6 heteroatoms. The molecule has 2 fully saturated rings. The molecular formula is C17H20N2O4. The molecule has 0 unspecified atom stereocenters. The van der Waals surface area contributed by atoms with Crippen LogP contribution >= 0.6 is 0 Å². The van der Waals surface area contributed by atoms with Crippen LogP contribution in [0.25, 0.3) is 0 Å². The zero-order valence-electron chi connectivity index (χ0n) is 13.2. The Kier molecular flexibility index (Phi) is 5.54. The first-order chi connectivity index (χ1) is 11.0. The summed E-state index contributed by atoms with van der Waals surface area (Å²) in [6.45, 7) is 6.40. The summed E-state index contributed by atoms with van der Waals surface area (Å²) in [5, 5.41) is 18.4. The third kappa shape index (κ3) is 3.79. The maximum atomic E-state index is 11.1. The zero-order chi connectivity index (χ0) is 16.9. The van der Waals surface area contributed by atoms with Gasteiger partial charge in [0, 0.05) is 25.7 Å². The largest absolute Gasteiger partial charge is 0.465 e. The summed E-state index contributed by atoms with van der Waals surface area (Å²) < 4.78 is 16.7. The van der Waals surface area contributed by atoms with Crippen LogP contribution in [0.3, 0.4) is 0 Å². The van der Waals surface area contributed by atoms with Crippen LogP contribution in [0.15, 0.2) is 23.8 Å². The van der Waals surface area contributed by atoms with Gasteiger partial charge in [-0.25, -0.2) is 0 Å². The molecule has 0 aromatic heterocycles. The minimum Gasteiger partial charge on any atom is -0.465 e. The van der Waals surface area contributed by atoms with Crippen LogP contribution in [0.4, 0.5) is 0 Å². The van der Waals surface area contributed by atoms with Crippen LogP contribution in [-0.2, 0) is 19.0 Å². The van der Waals surface area contributed by atoms with Crippen molar-refractivity contribution < 1.29 is 19.0 Å². The van der Waals surface area contributed by atoms with Gasteiger partial charge in [0.15, 0.2) is 5.79 Å². The quantitative estimate of drug-likeness (QED) is 0.448. The Labute approximate surface area is 135 Å². The second kappa shape index (κ2) is 7.41. The summed E-state index contributed by atoms with van der Waals surface area (Å²) in [7, 11) is 0. The van der Waals surface area contributed by atoms with E-state index in [1.165, 1.54) is 6.92 Å². The van der Waals surface area contributed by atoms with Crippen LogP contribution < -0.4 is 0 Å². The van der Waals surface area contributed by atoms with E-state index in [0.717, 1.165) is 5.57 Å². The number of rotatable bonds is 4. The number of hydrogen-bond donors (Lipinski definition) is 0. The molecule has 1 aliphatic heterocycles. The molecule has 23 heavy (non-hydrogen) atoms. The van der Waals surface area contributed by atoms with E-state index in [0.29, 0.717) is 32.5 Å². The lowest BCUT2D eigenvalue weighted by Crippen LogP contribution is -2.40. The van der Waals surface area contributed by atoms with Gasteiger partial charge in [0.25, 0.3) is 0 Å². The number of allylic oxidation sites excluding steroid dienone is 2. The summed E-state index contributed by atoms with van der Waals surface area (Å²) in [6.07, 6.45) is 3.38. The van der Waals surface area contributed by atoms with Crippen LogP contribution in [0.2, 0.25) is 0 Å². The summed E-state index contributed by atoms with van der Waals surface area (Å²) in [4.78, 5) is 11.1. The molecule has 0 bridgehead atoms. The zero-order valence-corrected chi connectivity index (χ0v) is 13.2. The molecule has 6 nitrogen and oxygen atoms in total. The van der Waals surface area contributed by atoms with Crippen molar-refractivity contribution in [1.29, 1.82) is 10.5 Å². The van der Waals surface area contributed by atoms with E-state index in [4.69, 9.17) is 14.2 Å². The first-order valence-corrected chi connectivity index (χ1v) is 7.62. The highest BCUT2D eigenvalue weighted by atomic mass is 16.7. The molecule has 2 atom stereocenters. The van der Waals surface area contributed by atoms with Gasteiger partial charge in [0.1, 0.15) is 17.7 Å². The topological polar surface area (TPSA) is 92.3 Å². The smallest absolute Gasteiger partial charge is 0.302 e. The Balaban J connectivity index is 2.31. The lowest BCUT2D eigenvalue weighted by Gasteiger charge is -2.40. The average Bonchev–Trinajstić information content (AvgIpc) is 2.99. The number of hydrogen-bond acceptors (Lipinski definition) is 6. The maximum absolute atomic E-state index is 11.1. The molecule has 2 aliphatic rings. The molecule has 1 saturated heterocycles. The van der Waals surface area contributed by atoms with Crippen molar-refractivity contribution in [3.63, 3.8) is 0 Å². The predicted octanol–water partition coefficient (Wildman–Crippen LogP) is 2.24. The molecule has 1 spiro atoms. The van der Waals surface area contributed by atoms with Crippen molar-refractivity contribution in [2.24, 2.45) is 11.8 Å². The molecule has 1 saturated carbocycles. The third-order valence-corrected chi connectivity index (χ3v) is 4.41. The monoisotopic (exact) mass is 316 g/mol. The second-order valence-corrected chi connectivity index (χ2v) is 5.74. The van der Waals surface area contributed by atoms with Gasteiger partial charge in [0.2, 0.25) is 0 Å². The molecule has 0 radical (unpaired) electrons. The molecule has 2 rings (SSSR count). The first-order valence-electron chi connectivity index (χ1n) is 7.62. The molecule has 122 valence electrons. The molecule has 1 heterocycles. The molecule has 0 aromatic carbocycles. The van der Waals surface area contributed by atoms with Gasteiger partial charge in [-0.3, -0.25) is 4.79 Å². The van der Waals surface area contributed by atoms with Crippen molar-refractivity contribution in [3.8, 4) is 12.1 Å². The number of carbonyl (C=O) groups is 1. The number of esters is 1. The normalized spacial score (nSPS) is 23.6. The van der Waals surface area contributed by atoms with Crippen LogP contribution in [-0.4, -0.2) is 31.6 Å². The Hall–Kier alpha value is -2.15. The number of carbonyl (C=O) groups excluding carboxylic acids is 1. The summed E-state index contributed by atoms with van der Waals surface area (Å²) >= 11 is 0. The highest BCUT2D eigenvalue weighted by molar-refractivity contribution is 5.65. The van der Waals surface area contributed by atoms with E-state index in [-0.39, 0.29) is 30.0 Å². The van der Waals surface area contributed by atoms with E-state index in [2.05, 4.69) is 6.58 Å². The van der Waals surface area contributed by atoms with Gasteiger partial charge in [-0.1, -0.05) is 6.08 Å². The predicted molar refractivity (Wildman–Crippen MR) is 80.5 cm³/mol. The van der Waals surface area contributed by atoms with Gasteiger partial charge in [-0.05, 0) is 17.9 Å². The van der Waals surface area contributed by atoms with Gasteiger partial charge >= 0.3 is 5.97 Å². The van der Waals surface area contributed by atoms with Gasteiger partial charge in [0.05, 0.1) is 19.8 Å². The van der Waals surface area contributed by atoms with Gasteiger partial charge in [-0.2, -0.15) is 10.5 Å². The van der Waals surface area contributed by atoms with Crippen molar-refractivity contribution in [2.45, 2.75) is 32.0 Å². The Morgan fingerprint density at radius 2 is 2.13 bits per heavy atom. The van der Waals surface area contributed by atoms with E-state index >= 15 is 0 Å². The van der Waals surface area contributed by atoms with Crippen LogP contribution in [0.1, 0.15) is 26.2 Å². The Morgan fingerprint density at radius 3 is 2.65 bits per heavy atom. The third-order valence-electron chi connectivity index (χ3n) is 4.41. The molecule has 0 amide bonds. The second-order valence-electron chi connectivity index (χ2n) is 5.74. The van der Waals surface area contributed by atoms with E-state index < -0.39 is 5.79 Å². The van der Waals surface area contributed by atoms with Crippen molar-refractivity contribution in [2.75, 3.05) is 19.8 Å². The van der Waals surface area contributed by atoms with Crippen LogP contribution in [0.5, 0.6) is 0 Å². The summed E-state index contributed by atoms with van der Waals surface area (Å²) in [5.74, 6) is -1.41. The van der Waals surface area contributed by atoms with Crippen molar-refractivity contribution in [3.05, 3.63) is 23.8 Å².